The van der Waals surface area contributed by atoms with Crippen molar-refractivity contribution in [3.8, 4) is 0 Å². The van der Waals surface area contributed by atoms with Crippen molar-refractivity contribution >= 4 is 23.4 Å². The first kappa shape index (κ1) is 19.4. The third-order valence-corrected chi connectivity index (χ3v) is 3.77. The molecular formula is C19H24N4O3. The summed E-state index contributed by atoms with van der Waals surface area (Å²) in [6, 6.07) is 10.1. The number of ether oxygens (including phenoxy) is 1. The van der Waals surface area contributed by atoms with E-state index in [0.29, 0.717) is 5.69 Å². The smallest absolute Gasteiger partial charge is 0.339 e. The van der Waals surface area contributed by atoms with E-state index in [2.05, 4.69) is 34.3 Å². The second kappa shape index (κ2) is 9.50. The fourth-order valence-corrected chi connectivity index (χ4v) is 2.56. The molecule has 1 amide bonds. The number of nitrogens with zero attached hydrogens (tertiary/aromatic N) is 3. The average molecular weight is 356 g/mol. The summed E-state index contributed by atoms with van der Waals surface area (Å²) in [5, 5.41) is 10.9. The van der Waals surface area contributed by atoms with Gasteiger partial charge in [-0.15, -0.1) is 10.2 Å². The van der Waals surface area contributed by atoms with Crippen molar-refractivity contribution in [3.63, 3.8) is 0 Å². The highest BCUT2D eigenvalue weighted by Crippen LogP contribution is 2.17. The molecule has 1 aromatic carbocycles. The molecule has 0 saturated heterocycles. The Bertz CT molecular complexity index is 741. The maximum Gasteiger partial charge on any atom is 0.339 e. The molecular weight excluding hydrogens is 332 g/mol. The Hall–Kier alpha value is -2.96. The van der Waals surface area contributed by atoms with E-state index in [4.69, 9.17) is 4.74 Å². The van der Waals surface area contributed by atoms with Crippen LogP contribution in [0.15, 0.2) is 36.4 Å². The van der Waals surface area contributed by atoms with E-state index in [1.807, 2.05) is 0 Å². The number of amides is 1. The van der Waals surface area contributed by atoms with Gasteiger partial charge >= 0.3 is 5.97 Å². The van der Waals surface area contributed by atoms with Gasteiger partial charge in [-0.1, -0.05) is 26.0 Å². The molecule has 7 heteroatoms. The van der Waals surface area contributed by atoms with Gasteiger partial charge in [0.25, 0.3) is 5.91 Å². The van der Waals surface area contributed by atoms with Crippen LogP contribution in [0.5, 0.6) is 0 Å². The van der Waals surface area contributed by atoms with E-state index in [1.54, 1.807) is 36.4 Å². The molecule has 0 aliphatic rings. The van der Waals surface area contributed by atoms with E-state index < -0.39 is 11.9 Å². The molecule has 0 fully saturated rings. The van der Waals surface area contributed by atoms with Gasteiger partial charge in [0.15, 0.2) is 11.5 Å². The molecule has 1 N–H and O–H groups in total. The molecule has 0 radical (unpaired) electrons. The lowest BCUT2D eigenvalue weighted by Crippen LogP contribution is -2.26. The highest BCUT2D eigenvalue weighted by atomic mass is 16.5. The minimum Gasteiger partial charge on any atom is -0.465 e. The summed E-state index contributed by atoms with van der Waals surface area (Å²) in [7, 11) is 1.30. The van der Waals surface area contributed by atoms with Crippen molar-refractivity contribution in [2.24, 2.45) is 0 Å². The van der Waals surface area contributed by atoms with Crippen molar-refractivity contribution in [2.45, 2.75) is 26.7 Å². The van der Waals surface area contributed by atoms with E-state index in [0.717, 1.165) is 31.7 Å². The Labute approximate surface area is 153 Å². The van der Waals surface area contributed by atoms with Gasteiger partial charge in [-0.2, -0.15) is 0 Å². The van der Waals surface area contributed by atoms with E-state index in [1.165, 1.54) is 7.11 Å². The number of benzene rings is 1. The number of esters is 1. The van der Waals surface area contributed by atoms with Gasteiger partial charge < -0.3 is 15.0 Å². The zero-order valence-corrected chi connectivity index (χ0v) is 15.4. The quantitative estimate of drug-likeness (QED) is 0.732. The van der Waals surface area contributed by atoms with Crippen molar-refractivity contribution in [1.82, 2.24) is 10.2 Å². The van der Waals surface area contributed by atoms with Gasteiger partial charge in [0.05, 0.1) is 18.4 Å². The Balaban J connectivity index is 2.15. The Kier molecular flexibility index (Phi) is 7.08. The minimum atomic E-state index is -0.517. The summed E-state index contributed by atoms with van der Waals surface area (Å²) in [5.41, 5.74) is 0.834. The first-order valence-corrected chi connectivity index (χ1v) is 8.68. The zero-order valence-electron chi connectivity index (χ0n) is 15.4. The predicted molar refractivity (Wildman–Crippen MR) is 101 cm³/mol. The number of methoxy groups -OCH3 is 1. The molecule has 2 aromatic rings. The van der Waals surface area contributed by atoms with Gasteiger partial charge in [0, 0.05) is 13.1 Å². The first-order chi connectivity index (χ1) is 12.6. The summed E-state index contributed by atoms with van der Waals surface area (Å²) >= 11 is 0. The van der Waals surface area contributed by atoms with Crippen LogP contribution in [0.25, 0.3) is 0 Å². The minimum absolute atomic E-state index is 0.182. The van der Waals surface area contributed by atoms with E-state index >= 15 is 0 Å². The molecule has 0 atom stereocenters. The molecule has 1 aromatic heterocycles. The molecule has 0 aliphatic heterocycles. The maximum atomic E-state index is 12.4. The normalized spacial score (nSPS) is 10.3. The maximum absolute atomic E-state index is 12.4. The molecule has 0 bridgehead atoms. The first-order valence-electron chi connectivity index (χ1n) is 8.68. The molecule has 7 nitrogen and oxygen atoms in total. The number of para-hydroxylation sites is 1. The van der Waals surface area contributed by atoms with E-state index in [9.17, 15) is 9.59 Å². The number of nitrogens with one attached hydrogen (secondary N) is 1. The third kappa shape index (κ3) is 4.78. The molecule has 1 heterocycles. The molecule has 0 spiro atoms. The lowest BCUT2D eigenvalue weighted by Gasteiger charge is -2.21. The van der Waals surface area contributed by atoms with Gasteiger partial charge in [0.1, 0.15) is 0 Å². The number of carbonyl (C=O) groups is 2. The van der Waals surface area contributed by atoms with Crippen molar-refractivity contribution in [2.75, 3.05) is 30.4 Å². The van der Waals surface area contributed by atoms with Crippen molar-refractivity contribution < 1.29 is 14.3 Å². The second-order valence-electron chi connectivity index (χ2n) is 5.76. The van der Waals surface area contributed by atoms with E-state index in [-0.39, 0.29) is 11.3 Å². The second-order valence-corrected chi connectivity index (χ2v) is 5.76. The third-order valence-electron chi connectivity index (χ3n) is 3.77. The SMILES string of the molecule is CCCN(CCC)c1ccc(C(=O)Nc2ccccc2C(=O)OC)nn1. The van der Waals surface area contributed by atoms with Crippen LogP contribution in [-0.4, -0.2) is 42.3 Å². The fraction of sp³-hybridized carbons (Fsp3) is 0.368. The summed E-state index contributed by atoms with van der Waals surface area (Å²) in [5.74, 6) is -0.199. The van der Waals surface area contributed by atoms with Crippen LogP contribution in [0.4, 0.5) is 11.5 Å². The standard InChI is InChI=1S/C19H24N4O3/c1-4-12-23(13-5-2)17-11-10-16(21-22-17)18(24)20-15-9-7-6-8-14(15)19(25)26-3/h6-11H,4-5,12-13H2,1-3H3,(H,20,24). The van der Waals surface area contributed by atoms with Gasteiger partial charge in [0.2, 0.25) is 0 Å². The lowest BCUT2D eigenvalue weighted by molar-refractivity contribution is 0.0602. The van der Waals surface area contributed by atoms with Gasteiger partial charge in [-0.05, 0) is 37.1 Å². The monoisotopic (exact) mass is 356 g/mol. The Morgan fingerprint density at radius 2 is 1.73 bits per heavy atom. The number of aromatic nitrogens is 2. The number of hydrogen-bond donors (Lipinski definition) is 1. The van der Waals surface area contributed by atoms with Crippen LogP contribution >= 0.6 is 0 Å². The molecule has 0 aliphatic carbocycles. The molecule has 26 heavy (non-hydrogen) atoms. The van der Waals surface area contributed by atoms with Crippen molar-refractivity contribution in [1.29, 1.82) is 0 Å². The van der Waals surface area contributed by atoms with Crippen molar-refractivity contribution in [3.05, 3.63) is 47.7 Å². The topological polar surface area (TPSA) is 84.4 Å². The van der Waals surface area contributed by atoms with Crippen LogP contribution < -0.4 is 10.2 Å². The molecule has 0 unspecified atom stereocenters. The highest BCUT2D eigenvalue weighted by molar-refractivity contribution is 6.07. The van der Waals surface area contributed by atoms with Crippen LogP contribution in [-0.2, 0) is 4.74 Å². The lowest BCUT2D eigenvalue weighted by atomic mass is 10.1. The number of rotatable bonds is 8. The largest absolute Gasteiger partial charge is 0.465 e. The number of hydrogen-bond acceptors (Lipinski definition) is 6. The Morgan fingerprint density at radius 3 is 2.31 bits per heavy atom. The summed E-state index contributed by atoms with van der Waals surface area (Å²) in [4.78, 5) is 26.4. The number of carbonyl (C=O) groups excluding carboxylic acids is 2. The molecule has 0 saturated carbocycles. The summed E-state index contributed by atoms with van der Waals surface area (Å²) in [6.45, 7) is 5.99. The average Bonchev–Trinajstić information content (AvgIpc) is 2.67. The zero-order chi connectivity index (χ0) is 18.9. The van der Waals surface area contributed by atoms with Gasteiger partial charge in [-0.3, -0.25) is 4.79 Å². The van der Waals surface area contributed by atoms with Gasteiger partial charge in [-0.25, -0.2) is 4.79 Å². The van der Waals surface area contributed by atoms with Crippen LogP contribution in [0.1, 0.15) is 47.5 Å². The van der Waals surface area contributed by atoms with Crippen LogP contribution in [0, 0.1) is 0 Å². The van der Waals surface area contributed by atoms with Crippen LogP contribution in [0.3, 0.4) is 0 Å². The Morgan fingerprint density at radius 1 is 1.04 bits per heavy atom. The summed E-state index contributed by atoms with van der Waals surface area (Å²) in [6.07, 6.45) is 2.02. The molecule has 138 valence electrons. The van der Waals surface area contributed by atoms with Crippen LogP contribution in [0.2, 0.25) is 0 Å². The summed E-state index contributed by atoms with van der Waals surface area (Å²) < 4.78 is 4.73. The molecule has 2 rings (SSSR count). The highest BCUT2D eigenvalue weighted by Gasteiger charge is 2.16. The predicted octanol–water partition coefficient (Wildman–Crippen LogP) is 3.14. The number of anilines is 2. The fourth-order valence-electron chi connectivity index (χ4n) is 2.56.